The Kier molecular flexibility index (Phi) is 4.11. The number of rotatable bonds is 5. The number of alkyl halides is 4. The van der Waals surface area contributed by atoms with Crippen molar-refractivity contribution in [3.8, 4) is 0 Å². The Balaban J connectivity index is 3.01. The van der Waals surface area contributed by atoms with Gasteiger partial charge in [-0.25, -0.2) is 0 Å². The molecule has 0 aromatic heterocycles. The van der Waals surface area contributed by atoms with E-state index in [9.17, 15) is 27.2 Å². The Bertz CT molecular complexity index is 383. The second kappa shape index (κ2) is 4.97. The molecular formula is C11H14F4O4. The zero-order chi connectivity index (χ0) is 14.9. The Labute approximate surface area is 107 Å². The van der Waals surface area contributed by atoms with Crippen molar-refractivity contribution in [2.45, 2.75) is 38.5 Å². The fraction of sp³-hybridized carbons (Fsp3) is 0.818. The summed E-state index contributed by atoms with van der Waals surface area (Å²) in [5, 5.41) is 0. The van der Waals surface area contributed by atoms with E-state index in [0.717, 1.165) is 0 Å². The first-order valence-electron chi connectivity index (χ1n) is 5.73. The van der Waals surface area contributed by atoms with Crippen molar-refractivity contribution in [1.29, 1.82) is 0 Å². The number of hydrogen-bond acceptors (Lipinski definition) is 4. The van der Waals surface area contributed by atoms with Crippen molar-refractivity contribution < 1.29 is 36.6 Å². The van der Waals surface area contributed by atoms with Crippen molar-refractivity contribution in [2.24, 2.45) is 5.41 Å². The van der Waals surface area contributed by atoms with Crippen LogP contribution in [0.25, 0.3) is 0 Å². The lowest BCUT2D eigenvalue weighted by Crippen LogP contribution is -2.70. The highest BCUT2D eigenvalue weighted by Gasteiger charge is 2.84. The van der Waals surface area contributed by atoms with Gasteiger partial charge < -0.3 is 9.47 Å². The van der Waals surface area contributed by atoms with Gasteiger partial charge in [-0.2, -0.15) is 17.6 Å². The number of hydrogen-bond donors (Lipinski definition) is 0. The van der Waals surface area contributed by atoms with Crippen molar-refractivity contribution in [3.63, 3.8) is 0 Å². The second-order valence-electron chi connectivity index (χ2n) is 4.24. The van der Waals surface area contributed by atoms with Gasteiger partial charge >= 0.3 is 23.8 Å². The van der Waals surface area contributed by atoms with Crippen LogP contribution in [0.15, 0.2) is 0 Å². The lowest BCUT2D eigenvalue weighted by atomic mass is 9.60. The summed E-state index contributed by atoms with van der Waals surface area (Å²) in [6.45, 7) is 2.44. The number of halogens is 4. The van der Waals surface area contributed by atoms with Gasteiger partial charge in [-0.15, -0.1) is 0 Å². The first-order chi connectivity index (χ1) is 8.64. The minimum Gasteiger partial charge on any atom is -0.466 e. The van der Waals surface area contributed by atoms with Gasteiger partial charge in [0.15, 0.2) is 5.41 Å². The summed E-state index contributed by atoms with van der Waals surface area (Å²) < 4.78 is 61.8. The Morgan fingerprint density at radius 3 is 1.95 bits per heavy atom. The highest BCUT2D eigenvalue weighted by atomic mass is 19.3. The summed E-state index contributed by atoms with van der Waals surface area (Å²) >= 11 is 0. The SMILES string of the molecule is CCOC(=O)CC1(C(=O)OCC)CC(F)(F)C1(F)F. The molecule has 4 nitrogen and oxygen atoms in total. The average molecular weight is 286 g/mol. The third-order valence-electron chi connectivity index (χ3n) is 3.00. The van der Waals surface area contributed by atoms with Crippen LogP contribution in [0.3, 0.4) is 0 Å². The number of carbonyl (C=O) groups excluding carboxylic acids is 2. The molecule has 0 aromatic rings. The first kappa shape index (κ1) is 15.7. The van der Waals surface area contributed by atoms with Gasteiger partial charge in [0.05, 0.1) is 19.6 Å². The minimum absolute atomic E-state index is 0.0975. The largest absolute Gasteiger partial charge is 0.466 e. The van der Waals surface area contributed by atoms with Gasteiger partial charge in [-0.1, -0.05) is 0 Å². The van der Waals surface area contributed by atoms with E-state index in [1.807, 2.05) is 0 Å². The molecule has 0 heterocycles. The summed E-state index contributed by atoms with van der Waals surface area (Å²) in [6, 6.07) is 0. The maximum Gasteiger partial charge on any atom is 0.326 e. The van der Waals surface area contributed by atoms with Gasteiger partial charge in [0.25, 0.3) is 0 Å². The van der Waals surface area contributed by atoms with Crippen LogP contribution in [0, 0.1) is 5.41 Å². The van der Waals surface area contributed by atoms with Gasteiger partial charge in [-0.3, -0.25) is 9.59 Å². The van der Waals surface area contributed by atoms with E-state index >= 15 is 0 Å². The molecule has 0 amide bonds. The topological polar surface area (TPSA) is 52.6 Å². The van der Waals surface area contributed by atoms with Crippen LogP contribution >= 0.6 is 0 Å². The van der Waals surface area contributed by atoms with Crippen LogP contribution in [0.5, 0.6) is 0 Å². The third kappa shape index (κ3) is 2.28. The molecule has 1 saturated carbocycles. The zero-order valence-corrected chi connectivity index (χ0v) is 10.5. The lowest BCUT2D eigenvalue weighted by molar-refractivity contribution is -0.350. The standard InChI is InChI=1S/C11H14F4O4/c1-3-18-7(16)5-9(8(17)19-4-2)6-10(12,13)11(9,14)15/h3-6H2,1-2H3. The Morgan fingerprint density at radius 1 is 1.05 bits per heavy atom. The molecule has 8 heteroatoms. The van der Waals surface area contributed by atoms with E-state index in [4.69, 9.17) is 0 Å². The van der Waals surface area contributed by atoms with Gasteiger partial charge in [0.2, 0.25) is 0 Å². The molecule has 0 spiro atoms. The predicted octanol–water partition coefficient (Wildman–Crippen LogP) is 2.16. The summed E-state index contributed by atoms with van der Waals surface area (Å²) in [5.41, 5.74) is -2.83. The summed E-state index contributed by atoms with van der Waals surface area (Å²) in [6.07, 6.45) is -2.55. The van der Waals surface area contributed by atoms with E-state index < -0.39 is 42.0 Å². The maximum atomic E-state index is 13.6. The van der Waals surface area contributed by atoms with Gasteiger partial charge in [-0.05, 0) is 13.8 Å². The molecule has 0 radical (unpaired) electrons. The van der Waals surface area contributed by atoms with Crippen LogP contribution in [0.1, 0.15) is 26.7 Å². The van der Waals surface area contributed by atoms with E-state index in [1.54, 1.807) is 0 Å². The fourth-order valence-corrected chi connectivity index (χ4v) is 2.02. The first-order valence-corrected chi connectivity index (χ1v) is 5.73. The summed E-state index contributed by atoms with van der Waals surface area (Å²) in [7, 11) is 0. The van der Waals surface area contributed by atoms with Crippen molar-refractivity contribution >= 4 is 11.9 Å². The zero-order valence-electron chi connectivity index (χ0n) is 10.5. The molecule has 1 fully saturated rings. The van der Waals surface area contributed by atoms with Crippen molar-refractivity contribution in [3.05, 3.63) is 0 Å². The smallest absolute Gasteiger partial charge is 0.326 e. The number of esters is 2. The van der Waals surface area contributed by atoms with Crippen LogP contribution in [0.4, 0.5) is 17.6 Å². The van der Waals surface area contributed by atoms with Crippen LogP contribution < -0.4 is 0 Å². The van der Waals surface area contributed by atoms with Crippen LogP contribution in [0.2, 0.25) is 0 Å². The highest BCUT2D eigenvalue weighted by Crippen LogP contribution is 2.65. The molecule has 110 valence electrons. The Morgan fingerprint density at radius 2 is 1.58 bits per heavy atom. The van der Waals surface area contributed by atoms with Gasteiger partial charge in [0.1, 0.15) is 0 Å². The number of carbonyl (C=O) groups is 2. The predicted molar refractivity (Wildman–Crippen MR) is 54.8 cm³/mol. The van der Waals surface area contributed by atoms with Crippen LogP contribution in [-0.4, -0.2) is 37.0 Å². The van der Waals surface area contributed by atoms with E-state index in [1.165, 1.54) is 13.8 Å². The molecule has 0 N–H and O–H groups in total. The second-order valence-corrected chi connectivity index (χ2v) is 4.24. The normalized spacial score (nSPS) is 27.3. The van der Waals surface area contributed by atoms with Crippen molar-refractivity contribution in [1.82, 2.24) is 0 Å². The van der Waals surface area contributed by atoms with E-state index in [2.05, 4.69) is 9.47 Å². The molecule has 0 aromatic carbocycles. The molecule has 19 heavy (non-hydrogen) atoms. The monoisotopic (exact) mass is 286 g/mol. The summed E-state index contributed by atoms with van der Waals surface area (Å²) in [5.74, 6) is -11.6. The van der Waals surface area contributed by atoms with E-state index in [0.29, 0.717) is 0 Å². The van der Waals surface area contributed by atoms with E-state index in [-0.39, 0.29) is 13.2 Å². The lowest BCUT2D eigenvalue weighted by Gasteiger charge is -2.51. The average Bonchev–Trinajstić information content (AvgIpc) is 2.27. The molecule has 0 saturated heterocycles. The summed E-state index contributed by atoms with van der Waals surface area (Å²) in [4.78, 5) is 22.8. The molecule has 1 rings (SSSR count). The fourth-order valence-electron chi connectivity index (χ4n) is 2.02. The molecular weight excluding hydrogens is 272 g/mol. The van der Waals surface area contributed by atoms with Crippen molar-refractivity contribution in [2.75, 3.05) is 13.2 Å². The minimum atomic E-state index is -4.63. The molecule has 1 unspecified atom stereocenters. The molecule has 0 aliphatic heterocycles. The molecule has 1 aliphatic rings. The molecule has 1 atom stereocenters. The Hall–Kier alpha value is -1.34. The molecule has 0 bridgehead atoms. The highest BCUT2D eigenvalue weighted by molar-refractivity contribution is 5.86. The third-order valence-corrected chi connectivity index (χ3v) is 3.00. The number of ether oxygens (including phenoxy) is 2. The van der Waals surface area contributed by atoms with Gasteiger partial charge in [0, 0.05) is 6.42 Å². The molecule has 1 aliphatic carbocycles. The maximum absolute atomic E-state index is 13.6. The van der Waals surface area contributed by atoms with Crippen LogP contribution in [-0.2, 0) is 19.1 Å². The quantitative estimate of drug-likeness (QED) is 0.574.